The van der Waals surface area contributed by atoms with Crippen molar-refractivity contribution >= 4 is 5.91 Å². The quantitative estimate of drug-likeness (QED) is 0.829. The highest BCUT2D eigenvalue weighted by atomic mass is 16.5. The standard InChI is InChI=1S/C16H24N2O3/c1-11(17)8-12-9-14(20-3)6-7-15(12)21-10-16(19)18(2)13-4-5-13/h6-7,9,11,13H,4-5,8,10,17H2,1-3H3. The predicted molar refractivity (Wildman–Crippen MR) is 81.6 cm³/mol. The Hall–Kier alpha value is -1.75. The third-order valence-electron chi connectivity index (χ3n) is 3.65. The monoisotopic (exact) mass is 292 g/mol. The Kier molecular flexibility index (Phi) is 5.07. The maximum atomic E-state index is 12.0. The number of nitrogens with two attached hydrogens (primary N) is 1. The Morgan fingerprint density at radius 2 is 2.19 bits per heavy atom. The van der Waals surface area contributed by atoms with E-state index >= 15 is 0 Å². The van der Waals surface area contributed by atoms with Gasteiger partial charge in [-0.1, -0.05) is 0 Å². The van der Waals surface area contributed by atoms with Crippen molar-refractivity contribution in [2.75, 3.05) is 20.8 Å². The zero-order valence-corrected chi connectivity index (χ0v) is 13.0. The Balaban J connectivity index is 2.02. The highest BCUT2D eigenvalue weighted by molar-refractivity contribution is 5.78. The van der Waals surface area contributed by atoms with Crippen LogP contribution in [0.3, 0.4) is 0 Å². The summed E-state index contributed by atoms with van der Waals surface area (Å²) in [7, 11) is 3.46. The summed E-state index contributed by atoms with van der Waals surface area (Å²) in [6.07, 6.45) is 2.88. The Morgan fingerprint density at radius 1 is 1.48 bits per heavy atom. The second kappa shape index (κ2) is 6.80. The molecule has 0 spiro atoms. The second-order valence-corrected chi connectivity index (χ2v) is 5.68. The van der Waals surface area contributed by atoms with Crippen molar-refractivity contribution in [3.8, 4) is 11.5 Å². The average molecular weight is 292 g/mol. The molecule has 1 unspecified atom stereocenters. The van der Waals surface area contributed by atoms with Crippen LogP contribution in [0.2, 0.25) is 0 Å². The van der Waals surface area contributed by atoms with E-state index in [1.807, 2.05) is 32.2 Å². The topological polar surface area (TPSA) is 64.8 Å². The first kappa shape index (κ1) is 15.6. The zero-order chi connectivity index (χ0) is 15.4. The third kappa shape index (κ3) is 4.36. The molecule has 0 bridgehead atoms. The first-order valence-electron chi connectivity index (χ1n) is 7.32. The number of likely N-dealkylation sites (N-methyl/N-ethyl adjacent to an activating group) is 1. The molecule has 1 aliphatic carbocycles. The fraction of sp³-hybridized carbons (Fsp3) is 0.562. The molecular weight excluding hydrogens is 268 g/mol. The molecule has 1 aromatic carbocycles. The zero-order valence-electron chi connectivity index (χ0n) is 13.0. The van der Waals surface area contributed by atoms with Crippen molar-refractivity contribution in [3.05, 3.63) is 23.8 Å². The number of hydrogen-bond acceptors (Lipinski definition) is 4. The van der Waals surface area contributed by atoms with Crippen LogP contribution in [-0.2, 0) is 11.2 Å². The molecule has 2 N–H and O–H groups in total. The van der Waals surface area contributed by atoms with Crippen molar-refractivity contribution in [2.45, 2.75) is 38.3 Å². The van der Waals surface area contributed by atoms with Gasteiger partial charge in [0.15, 0.2) is 6.61 Å². The lowest BCUT2D eigenvalue weighted by Gasteiger charge is -2.18. The van der Waals surface area contributed by atoms with Crippen LogP contribution >= 0.6 is 0 Å². The lowest BCUT2D eigenvalue weighted by Crippen LogP contribution is -2.33. The fourth-order valence-electron chi connectivity index (χ4n) is 2.24. The minimum Gasteiger partial charge on any atom is -0.497 e. The molecule has 1 atom stereocenters. The Morgan fingerprint density at radius 3 is 2.76 bits per heavy atom. The number of benzene rings is 1. The summed E-state index contributed by atoms with van der Waals surface area (Å²) in [4.78, 5) is 13.8. The number of amides is 1. The van der Waals surface area contributed by atoms with Crippen molar-refractivity contribution in [3.63, 3.8) is 0 Å². The van der Waals surface area contributed by atoms with E-state index in [0.29, 0.717) is 18.2 Å². The molecule has 0 heterocycles. The second-order valence-electron chi connectivity index (χ2n) is 5.68. The summed E-state index contributed by atoms with van der Waals surface area (Å²) in [5, 5.41) is 0. The Labute approximate surface area is 126 Å². The fourth-order valence-corrected chi connectivity index (χ4v) is 2.24. The summed E-state index contributed by atoms with van der Waals surface area (Å²) in [5.74, 6) is 1.48. The van der Waals surface area contributed by atoms with Crippen LogP contribution in [0.1, 0.15) is 25.3 Å². The molecule has 0 aromatic heterocycles. The van der Waals surface area contributed by atoms with E-state index in [9.17, 15) is 4.79 Å². The largest absolute Gasteiger partial charge is 0.497 e. The normalized spacial score (nSPS) is 15.4. The van der Waals surface area contributed by atoms with E-state index in [2.05, 4.69) is 0 Å². The highest BCUT2D eigenvalue weighted by Gasteiger charge is 2.29. The van der Waals surface area contributed by atoms with Crippen molar-refractivity contribution < 1.29 is 14.3 Å². The minimum atomic E-state index is 0.0139. The molecule has 0 saturated heterocycles. The molecule has 1 amide bonds. The number of carbonyl (C=O) groups is 1. The maximum absolute atomic E-state index is 12.0. The number of carbonyl (C=O) groups excluding carboxylic acids is 1. The van der Waals surface area contributed by atoms with E-state index in [4.69, 9.17) is 15.2 Å². The highest BCUT2D eigenvalue weighted by Crippen LogP contribution is 2.27. The average Bonchev–Trinajstić information content (AvgIpc) is 3.28. The first-order valence-corrected chi connectivity index (χ1v) is 7.32. The van der Waals surface area contributed by atoms with Gasteiger partial charge in [0, 0.05) is 19.1 Å². The van der Waals surface area contributed by atoms with Gasteiger partial charge in [-0.15, -0.1) is 0 Å². The van der Waals surface area contributed by atoms with Gasteiger partial charge in [0.1, 0.15) is 11.5 Å². The molecule has 21 heavy (non-hydrogen) atoms. The van der Waals surface area contributed by atoms with Crippen LogP contribution < -0.4 is 15.2 Å². The smallest absolute Gasteiger partial charge is 0.260 e. The van der Waals surface area contributed by atoms with Crippen LogP contribution in [0.15, 0.2) is 18.2 Å². The predicted octanol–water partition coefficient (Wildman–Crippen LogP) is 1.58. The lowest BCUT2D eigenvalue weighted by molar-refractivity contribution is -0.132. The molecule has 2 rings (SSSR count). The maximum Gasteiger partial charge on any atom is 0.260 e. The molecule has 0 radical (unpaired) electrons. The van der Waals surface area contributed by atoms with Gasteiger partial charge in [-0.2, -0.15) is 0 Å². The van der Waals surface area contributed by atoms with Gasteiger partial charge in [0.2, 0.25) is 0 Å². The molecule has 1 fully saturated rings. The first-order chi connectivity index (χ1) is 10.0. The van der Waals surface area contributed by atoms with Gasteiger partial charge in [0.05, 0.1) is 7.11 Å². The van der Waals surface area contributed by atoms with E-state index in [1.54, 1.807) is 12.0 Å². The summed E-state index contributed by atoms with van der Waals surface area (Å²) in [5.41, 5.74) is 6.83. The molecule has 5 nitrogen and oxygen atoms in total. The number of methoxy groups -OCH3 is 1. The summed E-state index contributed by atoms with van der Waals surface area (Å²) in [6.45, 7) is 2.00. The van der Waals surface area contributed by atoms with Gasteiger partial charge >= 0.3 is 0 Å². The lowest BCUT2D eigenvalue weighted by atomic mass is 10.1. The Bertz CT molecular complexity index is 498. The van der Waals surface area contributed by atoms with Crippen LogP contribution in [0.25, 0.3) is 0 Å². The number of rotatable bonds is 7. The summed E-state index contributed by atoms with van der Waals surface area (Å²) in [6, 6.07) is 5.99. The molecule has 1 saturated carbocycles. The molecule has 1 aliphatic rings. The molecule has 5 heteroatoms. The van der Waals surface area contributed by atoms with E-state index in [-0.39, 0.29) is 18.6 Å². The van der Waals surface area contributed by atoms with Crippen LogP contribution in [0.4, 0.5) is 0 Å². The molecule has 116 valence electrons. The van der Waals surface area contributed by atoms with Gasteiger partial charge < -0.3 is 20.1 Å². The van der Waals surface area contributed by atoms with Gasteiger partial charge in [0.25, 0.3) is 5.91 Å². The SMILES string of the molecule is COc1ccc(OCC(=O)N(C)C2CC2)c(CC(C)N)c1. The number of nitrogens with zero attached hydrogens (tertiary/aromatic N) is 1. The van der Waals surface area contributed by atoms with Crippen LogP contribution in [-0.4, -0.2) is 43.7 Å². The van der Waals surface area contributed by atoms with Gasteiger partial charge in [-0.3, -0.25) is 4.79 Å². The van der Waals surface area contributed by atoms with E-state index in [1.165, 1.54) is 0 Å². The van der Waals surface area contributed by atoms with Crippen molar-refractivity contribution in [1.29, 1.82) is 0 Å². The van der Waals surface area contributed by atoms with Crippen molar-refractivity contribution in [1.82, 2.24) is 4.90 Å². The third-order valence-corrected chi connectivity index (χ3v) is 3.65. The number of ether oxygens (including phenoxy) is 2. The summed E-state index contributed by atoms with van der Waals surface area (Å²) < 4.78 is 10.9. The van der Waals surface area contributed by atoms with Gasteiger partial charge in [-0.25, -0.2) is 0 Å². The van der Waals surface area contributed by atoms with E-state index < -0.39 is 0 Å². The van der Waals surface area contributed by atoms with Crippen LogP contribution in [0.5, 0.6) is 11.5 Å². The van der Waals surface area contributed by atoms with Crippen molar-refractivity contribution in [2.24, 2.45) is 5.73 Å². The minimum absolute atomic E-state index is 0.0139. The van der Waals surface area contributed by atoms with Crippen LogP contribution in [0, 0.1) is 0 Å². The molecular formula is C16H24N2O3. The van der Waals surface area contributed by atoms with E-state index in [0.717, 1.165) is 24.2 Å². The molecule has 0 aliphatic heterocycles. The molecule has 1 aromatic rings. The summed E-state index contributed by atoms with van der Waals surface area (Å²) >= 11 is 0. The number of hydrogen-bond donors (Lipinski definition) is 1. The van der Waals surface area contributed by atoms with Gasteiger partial charge in [-0.05, 0) is 49.9 Å².